The van der Waals surface area contributed by atoms with Crippen molar-refractivity contribution in [2.45, 2.75) is 145 Å². The molecule has 0 spiro atoms. The maximum absolute atomic E-state index is 13.3. The molecule has 0 aliphatic carbocycles. The Kier molecular flexibility index (Phi) is 19.0. The van der Waals surface area contributed by atoms with Gasteiger partial charge in [-0.15, -0.1) is 16.3 Å². The second-order valence-electron chi connectivity index (χ2n) is 20.6. The van der Waals surface area contributed by atoms with Gasteiger partial charge in [-0.3, -0.25) is 5.32 Å². The number of nitrogens with zero attached hydrogens (tertiary/aromatic N) is 5. The molecule has 2 aromatic heterocycles. The molecular formula is C46H68N8O14S. The zero-order valence-corrected chi connectivity index (χ0v) is 43.2. The van der Waals surface area contributed by atoms with E-state index in [1.54, 1.807) is 151 Å². The summed E-state index contributed by atoms with van der Waals surface area (Å²) in [4.78, 5) is 90.3. The topological polar surface area (TPSA) is 271 Å². The molecule has 0 fully saturated rings. The molecule has 3 rings (SSSR count). The van der Waals surface area contributed by atoms with Crippen LogP contribution in [-0.4, -0.2) is 115 Å². The van der Waals surface area contributed by atoms with Crippen LogP contribution in [0.5, 0.6) is 5.75 Å². The summed E-state index contributed by atoms with van der Waals surface area (Å²) in [5.41, 5.74) is -3.53. The number of rotatable bonds is 16. The number of hydrogen-bond acceptors (Lipinski definition) is 16. The van der Waals surface area contributed by atoms with Crippen molar-refractivity contribution in [2.24, 2.45) is 23.1 Å². The van der Waals surface area contributed by atoms with Crippen molar-refractivity contribution < 1.29 is 67.1 Å². The van der Waals surface area contributed by atoms with Crippen LogP contribution in [0.1, 0.15) is 110 Å². The molecule has 0 unspecified atom stereocenters. The lowest BCUT2D eigenvalue weighted by Crippen LogP contribution is -2.42. The van der Waals surface area contributed by atoms with Crippen LogP contribution in [0.15, 0.2) is 46.0 Å². The Labute approximate surface area is 406 Å². The van der Waals surface area contributed by atoms with E-state index in [0.29, 0.717) is 11.3 Å². The maximum Gasteiger partial charge on any atom is 0.437 e. The molecule has 0 aliphatic rings. The summed E-state index contributed by atoms with van der Waals surface area (Å²) in [6, 6.07) is 6.66. The van der Waals surface area contributed by atoms with E-state index < -0.39 is 88.7 Å². The normalized spacial score (nSPS) is 13.2. The Morgan fingerprint density at radius 2 is 1.23 bits per heavy atom. The molecule has 2 heterocycles. The van der Waals surface area contributed by atoms with E-state index in [4.69, 9.17) is 33.3 Å². The minimum absolute atomic E-state index is 0.0341. The molecule has 22 nitrogen and oxygen atoms in total. The van der Waals surface area contributed by atoms with Crippen molar-refractivity contribution in [3.05, 3.63) is 47.2 Å². The number of thiazole rings is 1. The highest BCUT2D eigenvalue weighted by atomic mass is 32.1. The highest BCUT2D eigenvalue weighted by Gasteiger charge is 2.30. The van der Waals surface area contributed by atoms with Gasteiger partial charge in [0.25, 0.3) is 6.10 Å². The van der Waals surface area contributed by atoms with Crippen molar-refractivity contribution in [1.82, 2.24) is 24.8 Å². The number of benzene rings is 1. The Hall–Kier alpha value is -6.65. The summed E-state index contributed by atoms with van der Waals surface area (Å²) in [5.74, 6) is -2.63. The fraction of sp³-hybridized carbons (Fsp3) is 0.587. The summed E-state index contributed by atoms with van der Waals surface area (Å²) in [5, 5.41) is 23.0. The predicted molar refractivity (Wildman–Crippen MR) is 255 cm³/mol. The third kappa shape index (κ3) is 21.0. The second kappa shape index (κ2) is 23.1. The molecule has 0 bridgehead atoms. The molecule has 23 heteroatoms. The number of aliphatic carboxylic acids is 1. The number of carbonyl (C=O) groups is 6. The van der Waals surface area contributed by atoms with E-state index in [9.17, 15) is 33.9 Å². The number of nitrogens with one attached hydrogen (secondary N) is 3. The molecule has 4 amide bonds. The first-order valence-electron chi connectivity index (χ1n) is 21.9. The molecule has 4 N–H and O–H groups in total. The number of oxime groups is 1. The highest BCUT2D eigenvalue weighted by Crippen LogP contribution is 2.24. The summed E-state index contributed by atoms with van der Waals surface area (Å²) >= 11 is 0.919. The average molecular weight is 989 g/mol. The number of anilines is 1. The van der Waals surface area contributed by atoms with Crippen LogP contribution < -0.4 is 26.3 Å². The number of imidazole rings is 1. The van der Waals surface area contributed by atoms with E-state index in [-0.39, 0.29) is 41.8 Å². The number of esters is 1. The first-order valence-corrected chi connectivity index (χ1v) is 22.8. The summed E-state index contributed by atoms with van der Waals surface area (Å²) in [6.07, 6.45) is -2.77. The van der Waals surface area contributed by atoms with Gasteiger partial charge in [-0.25, -0.2) is 33.8 Å². The lowest BCUT2D eigenvalue weighted by molar-refractivity contribution is -0.170. The second-order valence-corrected chi connectivity index (χ2v) is 21.5. The van der Waals surface area contributed by atoms with Gasteiger partial charge in [0.05, 0.1) is 5.69 Å². The quantitative estimate of drug-likeness (QED) is 0.0471. The molecule has 0 aliphatic heterocycles. The summed E-state index contributed by atoms with van der Waals surface area (Å²) in [7, 11) is 1.70. The van der Waals surface area contributed by atoms with E-state index in [2.05, 4.69) is 31.1 Å². The number of hydrogen-bond donors (Lipinski definition) is 4. The first-order chi connectivity index (χ1) is 31.6. The van der Waals surface area contributed by atoms with Gasteiger partial charge in [-0.2, -0.15) is 0 Å². The van der Waals surface area contributed by atoms with Gasteiger partial charge >= 0.3 is 36.3 Å². The largest absolute Gasteiger partial charge is 0.489 e. The molecular weight excluding hydrogens is 921 g/mol. The molecule has 382 valence electrons. The van der Waals surface area contributed by atoms with Crippen LogP contribution in [0, 0.1) is 5.92 Å². The number of ether oxygens (including phenoxy) is 6. The lowest BCUT2D eigenvalue weighted by atomic mass is 10.1. The van der Waals surface area contributed by atoms with Gasteiger partial charge < -0.3 is 58.1 Å². The van der Waals surface area contributed by atoms with E-state index in [1.807, 2.05) is 0 Å². The molecule has 0 radical (unpaired) electrons. The molecule has 1 aromatic carbocycles. The Morgan fingerprint density at radius 3 is 1.72 bits per heavy atom. The van der Waals surface area contributed by atoms with Gasteiger partial charge in [0.15, 0.2) is 5.13 Å². The van der Waals surface area contributed by atoms with Crippen LogP contribution in [0.2, 0.25) is 0 Å². The Balaban J connectivity index is 1.96. The zero-order valence-electron chi connectivity index (χ0n) is 42.3. The van der Waals surface area contributed by atoms with Gasteiger partial charge in [0.2, 0.25) is 11.3 Å². The minimum atomic E-state index is -1.55. The van der Waals surface area contributed by atoms with Crippen LogP contribution in [0.4, 0.5) is 24.3 Å². The molecule has 69 heavy (non-hydrogen) atoms. The fourth-order valence-electron chi connectivity index (χ4n) is 5.61. The number of aromatic nitrogens is 3. The predicted octanol–water partition coefficient (Wildman–Crippen LogP) is 7.39. The van der Waals surface area contributed by atoms with Gasteiger partial charge in [0, 0.05) is 44.2 Å². The van der Waals surface area contributed by atoms with Crippen molar-refractivity contribution >= 4 is 58.5 Å². The minimum Gasteiger partial charge on any atom is -0.489 e. The Morgan fingerprint density at radius 1 is 0.725 bits per heavy atom. The third-order valence-electron chi connectivity index (χ3n) is 8.15. The van der Waals surface area contributed by atoms with Crippen LogP contribution >= 0.6 is 11.3 Å². The van der Waals surface area contributed by atoms with Crippen molar-refractivity contribution in [2.75, 3.05) is 25.0 Å². The van der Waals surface area contributed by atoms with Crippen LogP contribution in [0.3, 0.4) is 0 Å². The zero-order chi connectivity index (χ0) is 52.3. The number of alkyl carbamates (subject to hydrolysis) is 2. The lowest BCUT2D eigenvalue weighted by Gasteiger charge is -2.24. The van der Waals surface area contributed by atoms with E-state index in [1.165, 1.54) is 5.38 Å². The van der Waals surface area contributed by atoms with E-state index >= 15 is 0 Å². The van der Waals surface area contributed by atoms with Crippen LogP contribution in [-0.2, 0) is 51.7 Å². The average Bonchev–Trinajstić information content (AvgIpc) is 3.73. The summed E-state index contributed by atoms with van der Waals surface area (Å²) < 4.78 is 36.4. The SMILES string of the molecule is Cn1c(-c2ccc(OC[C@H](O/N=C(\C(=O)O)c3csc(NC(=O)OC(C)(C)C)n3)C(=O)OC(C)(C)C)cc2)cn(CC(CNC(=O)OC(C)(C)C)CNC(=O)OC(C)(C)C)/c1=N\C(=O)OC(C)(C)C. The van der Waals surface area contributed by atoms with E-state index in [0.717, 1.165) is 11.3 Å². The standard InChI is InChI=1S/C46H68N8O14S/c1-42(2,3)63-35(57)32(68-52-33(34(55)56)30-26-69-36(49-30)50-40(60)66-45(10,11)12)25-62-29-19-17-28(18-20-29)31-24-54(37(53(31)16)51-41(61)67-46(13,14)15)23-27(21-47-38(58)64-43(4,5)6)22-48-39(59)65-44(7,8)9/h17-20,24,26-27,32H,21-23,25H2,1-16H3,(H,47,58)(H,48,59)(H,55,56)(H,49,50,60)/b51-37-,52-33-/t32-/m0/s1. The molecule has 0 saturated heterocycles. The Bertz CT molecular complexity index is 2350. The third-order valence-corrected chi connectivity index (χ3v) is 8.91. The van der Waals surface area contributed by atoms with Crippen molar-refractivity contribution in [3.8, 4) is 17.0 Å². The van der Waals surface area contributed by atoms with Crippen LogP contribution in [0.25, 0.3) is 11.3 Å². The molecule has 0 saturated carbocycles. The monoisotopic (exact) mass is 988 g/mol. The van der Waals surface area contributed by atoms with Gasteiger partial charge in [0.1, 0.15) is 46.1 Å². The fourth-order valence-corrected chi connectivity index (χ4v) is 6.29. The summed E-state index contributed by atoms with van der Waals surface area (Å²) in [6.45, 7) is 25.3. The number of carboxylic acids is 1. The maximum atomic E-state index is 13.3. The smallest absolute Gasteiger partial charge is 0.437 e. The van der Waals surface area contributed by atoms with Crippen molar-refractivity contribution in [3.63, 3.8) is 0 Å². The highest BCUT2D eigenvalue weighted by molar-refractivity contribution is 7.14. The number of carboxylic acid groups (broad SMARTS) is 1. The van der Waals surface area contributed by atoms with Gasteiger partial charge in [-0.05, 0) is 134 Å². The van der Waals surface area contributed by atoms with Crippen molar-refractivity contribution in [1.29, 1.82) is 0 Å². The number of amides is 4. The molecule has 1 atom stereocenters. The molecule has 3 aromatic rings. The van der Waals surface area contributed by atoms with Gasteiger partial charge in [-0.1, -0.05) is 5.16 Å². The first kappa shape index (κ1) is 56.7. The number of carbonyl (C=O) groups excluding carboxylic acids is 5.